The summed E-state index contributed by atoms with van der Waals surface area (Å²) in [6.45, 7) is 2.47. The zero-order chi connectivity index (χ0) is 26.9. The third-order valence-electron chi connectivity index (χ3n) is 7.85. The van der Waals surface area contributed by atoms with E-state index < -0.39 is 5.41 Å². The minimum Gasteiger partial charge on any atom is -0.496 e. The molecule has 198 valence electrons. The maximum absolute atomic E-state index is 13.6. The summed E-state index contributed by atoms with van der Waals surface area (Å²) in [6.07, 6.45) is 4.09. The third kappa shape index (κ3) is 4.36. The average molecular weight is 518 g/mol. The summed E-state index contributed by atoms with van der Waals surface area (Å²) < 4.78 is 10.5. The number of likely N-dealkylation sites (tertiary alicyclic amines) is 1. The molecule has 3 amide bonds. The Kier molecular flexibility index (Phi) is 6.79. The van der Waals surface area contributed by atoms with Crippen LogP contribution in [0.2, 0.25) is 0 Å². The highest BCUT2D eigenvalue weighted by Gasteiger charge is 2.49. The molecule has 3 aliphatic heterocycles. The van der Waals surface area contributed by atoms with E-state index in [0.29, 0.717) is 73.8 Å². The number of nitrogens with zero attached hydrogens (tertiary/aromatic N) is 3. The summed E-state index contributed by atoms with van der Waals surface area (Å²) in [5, 5.41) is 7.56. The van der Waals surface area contributed by atoms with Gasteiger partial charge in [-0.3, -0.25) is 14.5 Å². The molecule has 2 aromatic carbocycles. The first-order valence-corrected chi connectivity index (χ1v) is 12.7. The van der Waals surface area contributed by atoms with Crippen molar-refractivity contribution in [1.29, 1.82) is 5.41 Å². The number of hydrogen-bond acceptors (Lipinski definition) is 7. The van der Waals surface area contributed by atoms with Gasteiger partial charge in [0.15, 0.2) is 0 Å². The van der Waals surface area contributed by atoms with Crippen LogP contribution in [0.4, 0.5) is 16.2 Å². The van der Waals surface area contributed by atoms with Gasteiger partial charge in [-0.25, -0.2) is 4.79 Å². The first-order valence-electron chi connectivity index (χ1n) is 12.7. The minimum absolute atomic E-state index is 0.0721. The Morgan fingerprint density at radius 3 is 2.29 bits per heavy atom. The van der Waals surface area contributed by atoms with Crippen LogP contribution in [0, 0.1) is 10.8 Å². The number of cyclic esters (lactones) is 1. The fourth-order valence-electron chi connectivity index (χ4n) is 5.57. The summed E-state index contributed by atoms with van der Waals surface area (Å²) in [6, 6.07) is 12.5. The van der Waals surface area contributed by atoms with Gasteiger partial charge in [0.1, 0.15) is 12.4 Å². The Bertz CT molecular complexity index is 1300. The van der Waals surface area contributed by atoms with Gasteiger partial charge in [0.25, 0.3) is 5.91 Å². The van der Waals surface area contributed by atoms with E-state index >= 15 is 0 Å². The Balaban J connectivity index is 1.24. The van der Waals surface area contributed by atoms with E-state index in [1.54, 1.807) is 46.1 Å². The van der Waals surface area contributed by atoms with Crippen LogP contribution in [0.5, 0.6) is 5.75 Å². The lowest BCUT2D eigenvalue weighted by atomic mass is 9.77. The summed E-state index contributed by atoms with van der Waals surface area (Å²) >= 11 is 0. The van der Waals surface area contributed by atoms with E-state index in [1.807, 2.05) is 18.2 Å². The second-order valence-corrected chi connectivity index (χ2v) is 9.74. The highest BCUT2D eigenvalue weighted by atomic mass is 16.6. The van der Waals surface area contributed by atoms with E-state index in [4.69, 9.17) is 20.6 Å². The number of hydrogen-bond donors (Lipinski definition) is 2. The van der Waals surface area contributed by atoms with Crippen molar-refractivity contribution in [3.05, 3.63) is 59.8 Å². The average Bonchev–Trinajstić information content (AvgIpc) is 3.52. The molecule has 1 spiro atoms. The molecule has 0 aromatic heterocycles. The molecular weight excluding hydrogens is 486 g/mol. The van der Waals surface area contributed by atoms with Gasteiger partial charge in [-0.05, 0) is 55.7 Å². The molecule has 38 heavy (non-hydrogen) atoms. The third-order valence-corrected chi connectivity index (χ3v) is 7.85. The number of carbonyl (C=O) groups excluding carboxylic acids is 3. The fourth-order valence-corrected chi connectivity index (χ4v) is 5.57. The zero-order valence-corrected chi connectivity index (χ0v) is 21.3. The van der Waals surface area contributed by atoms with Crippen LogP contribution < -0.4 is 20.3 Å². The molecule has 3 fully saturated rings. The molecule has 3 heterocycles. The molecule has 0 radical (unpaired) electrons. The number of nitrogens with one attached hydrogen (secondary N) is 1. The van der Waals surface area contributed by atoms with Crippen molar-refractivity contribution in [2.24, 2.45) is 11.1 Å². The normalized spacial score (nSPS) is 19.2. The van der Waals surface area contributed by atoms with Gasteiger partial charge in [0, 0.05) is 66.2 Å². The second kappa shape index (κ2) is 10.2. The predicted octanol–water partition coefficient (Wildman–Crippen LogP) is 3.26. The van der Waals surface area contributed by atoms with Crippen molar-refractivity contribution in [2.75, 3.05) is 49.7 Å². The van der Waals surface area contributed by atoms with E-state index in [0.717, 1.165) is 12.1 Å². The van der Waals surface area contributed by atoms with Crippen molar-refractivity contribution in [1.82, 2.24) is 4.90 Å². The molecule has 0 unspecified atom stereocenters. The molecule has 2 aromatic rings. The van der Waals surface area contributed by atoms with Crippen molar-refractivity contribution in [3.8, 4) is 5.75 Å². The number of carbonyl (C=O) groups is 3. The number of nitrogens with two attached hydrogens (primary N) is 1. The van der Waals surface area contributed by atoms with Crippen LogP contribution in [0.25, 0.3) is 5.57 Å². The van der Waals surface area contributed by atoms with Gasteiger partial charge in [0.05, 0.1) is 19.1 Å². The van der Waals surface area contributed by atoms with Crippen LogP contribution in [0.15, 0.2) is 48.7 Å². The van der Waals surface area contributed by atoms with Crippen LogP contribution in [0.1, 0.15) is 35.2 Å². The van der Waals surface area contributed by atoms with Crippen LogP contribution >= 0.6 is 0 Å². The van der Waals surface area contributed by atoms with Gasteiger partial charge in [-0.2, -0.15) is 0 Å². The number of methoxy groups -OCH3 is 1. The van der Waals surface area contributed by atoms with Gasteiger partial charge < -0.3 is 30.4 Å². The van der Waals surface area contributed by atoms with Gasteiger partial charge >= 0.3 is 6.09 Å². The summed E-state index contributed by atoms with van der Waals surface area (Å²) in [4.78, 5) is 43.7. The highest BCUT2D eigenvalue weighted by Crippen LogP contribution is 2.44. The van der Waals surface area contributed by atoms with E-state index in [1.165, 1.54) is 12.4 Å². The lowest BCUT2D eigenvalue weighted by Gasteiger charge is -2.38. The molecule has 0 atom stereocenters. The summed E-state index contributed by atoms with van der Waals surface area (Å²) in [5.41, 5.74) is 8.38. The number of anilines is 2. The van der Waals surface area contributed by atoms with E-state index in [2.05, 4.69) is 0 Å². The standard InChI is InChI=1S/C28H31N5O5/c1-37-24-16-22(6-7-23(24)20(17-29)18-30)32-13-10-28(26(32)35)8-11-31(12-9-28)25(34)19-2-4-21(5-3-19)33-14-15-38-27(33)36/h2-7,16-18,29H,8-15,30H2,1H3/b20-18+,29-17?. The molecule has 0 bridgehead atoms. The molecule has 10 heteroatoms. The molecule has 10 nitrogen and oxygen atoms in total. The molecular formula is C28H31N5O5. The van der Waals surface area contributed by atoms with Crippen molar-refractivity contribution < 1.29 is 23.9 Å². The largest absolute Gasteiger partial charge is 0.496 e. The first-order chi connectivity index (χ1) is 18.4. The minimum atomic E-state index is -0.486. The fraction of sp³-hybridized carbons (Fsp3) is 0.357. The van der Waals surface area contributed by atoms with Gasteiger partial charge in [0.2, 0.25) is 5.91 Å². The van der Waals surface area contributed by atoms with Crippen LogP contribution in [-0.4, -0.2) is 68.9 Å². The SMILES string of the molecule is COc1cc(N2CCC3(CCN(C(=O)c4ccc(N5CCOC5=O)cc4)CC3)C2=O)ccc1/C(C=N)=C/N. The summed E-state index contributed by atoms with van der Waals surface area (Å²) in [7, 11) is 1.55. The van der Waals surface area contributed by atoms with Crippen LogP contribution in [-0.2, 0) is 9.53 Å². The quantitative estimate of drug-likeness (QED) is 0.566. The smallest absolute Gasteiger partial charge is 0.414 e. The Labute approximate surface area is 221 Å². The van der Waals surface area contributed by atoms with Gasteiger partial charge in [-0.1, -0.05) is 0 Å². The number of amides is 3. The zero-order valence-electron chi connectivity index (χ0n) is 21.3. The summed E-state index contributed by atoms with van der Waals surface area (Å²) in [5.74, 6) is 0.542. The highest BCUT2D eigenvalue weighted by molar-refractivity contribution is 6.09. The molecule has 5 rings (SSSR count). The Morgan fingerprint density at radius 2 is 1.68 bits per heavy atom. The molecule has 3 saturated heterocycles. The number of rotatable bonds is 6. The number of piperidine rings is 1. The monoisotopic (exact) mass is 517 g/mol. The number of ether oxygens (including phenoxy) is 2. The second-order valence-electron chi connectivity index (χ2n) is 9.74. The van der Waals surface area contributed by atoms with E-state index in [-0.39, 0.29) is 17.9 Å². The number of benzene rings is 2. The molecule has 3 aliphatic rings. The predicted molar refractivity (Wildman–Crippen MR) is 144 cm³/mol. The topological polar surface area (TPSA) is 129 Å². The van der Waals surface area contributed by atoms with Crippen molar-refractivity contribution >= 4 is 41.1 Å². The molecule has 3 N–H and O–H groups in total. The number of allylic oxidation sites excluding steroid dienone is 1. The first kappa shape index (κ1) is 25.3. The molecule has 0 saturated carbocycles. The Hall–Kier alpha value is -4.34. The molecule has 0 aliphatic carbocycles. The lowest BCUT2D eigenvalue weighted by Crippen LogP contribution is -2.46. The maximum atomic E-state index is 13.6. The van der Waals surface area contributed by atoms with Gasteiger partial charge in [-0.15, -0.1) is 0 Å². The van der Waals surface area contributed by atoms with Crippen molar-refractivity contribution in [3.63, 3.8) is 0 Å². The maximum Gasteiger partial charge on any atom is 0.414 e. The van der Waals surface area contributed by atoms with Crippen LogP contribution in [0.3, 0.4) is 0 Å². The lowest BCUT2D eigenvalue weighted by molar-refractivity contribution is -0.127. The van der Waals surface area contributed by atoms with E-state index in [9.17, 15) is 14.4 Å². The Morgan fingerprint density at radius 1 is 1.00 bits per heavy atom. The van der Waals surface area contributed by atoms with Crippen molar-refractivity contribution in [2.45, 2.75) is 19.3 Å².